The van der Waals surface area contributed by atoms with E-state index in [1.165, 1.54) is 38.5 Å². The number of carbonyl (C=O) groups is 3. The second-order valence-corrected chi connectivity index (χ2v) is 12.7. The molecule has 0 saturated carbocycles. The summed E-state index contributed by atoms with van der Waals surface area (Å²) in [6.45, 7) is 4.39. The van der Waals surface area contributed by atoms with E-state index in [4.69, 9.17) is 14.2 Å². The van der Waals surface area contributed by atoms with Crippen LogP contribution in [0.4, 0.5) is 0 Å². The lowest BCUT2D eigenvalue weighted by molar-refractivity contribution is -0.889. The minimum atomic E-state index is -1.14. The van der Waals surface area contributed by atoms with Crippen molar-refractivity contribution in [2.45, 2.75) is 135 Å². The van der Waals surface area contributed by atoms with Gasteiger partial charge in [0.05, 0.1) is 40.3 Å². The number of esters is 2. The van der Waals surface area contributed by atoms with Gasteiger partial charge in [-0.25, -0.2) is 0 Å². The van der Waals surface area contributed by atoms with E-state index < -0.39 is 24.1 Å². The van der Waals surface area contributed by atoms with Crippen molar-refractivity contribution in [1.82, 2.24) is 0 Å². The third kappa shape index (κ3) is 27.6. The third-order valence-electron chi connectivity index (χ3n) is 7.46. The Morgan fingerprint density at radius 1 is 0.674 bits per heavy atom. The maximum Gasteiger partial charge on any atom is 0.306 e. The van der Waals surface area contributed by atoms with Gasteiger partial charge < -0.3 is 28.6 Å². The van der Waals surface area contributed by atoms with Crippen LogP contribution < -0.4 is 5.11 Å². The largest absolute Gasteiger partial charge is 0.544 e. The lowest BCUT2D eigenvalue weighted by atomic mass is 10.1. The zero-order valence-electron chi connectivity index (χ0n) is 29.7. The van der Waals surface area contributed by atoms with E-state index in [0.717, 1.165) is 38.5 Å². The predicted molar refractivity (Wildman–Crippen MR) is 185 cm³/mol. The number of quaternary nitrogens is 1. The summed E-state index contributed by atoms with van der Waals surface area (Å²) in [5.74, 6) is -1.88. The van der Waals surface area contributed by atoms with Crippen LogP contribution in [0, 0.1) is 0 Å². The zero-order valence-corrected chi connectivity index (χ0v) is 29.7. The molecule has 0 bridgehead atoms. The van der Waals surface area contributed by atoms with Crippen molar-refractivity contribution in [1.29, 1.82) is 0 Å². The van der Waals surface area contributed by atoms with Crippen LogP contribution in [-0.4, -0.2) is 75.5 Å². The molecule has 0 radical (unpaired) electrons. The number of rotatable bonds is 30. The summed E-state index contributed by atoms with van der Waals surface area (Å²) < 4.78 is 16.9. The molecular formula is C38H65NO7. The number of carboxylic acids is 1. The van der Waals surface area contributed by atoms with Crippen LogP contribution in [0.5, 0.6) is 0 Å². The lowest BCUT2D eigenvalue weighted by Crippen LogP contribution is -2.55. The van der Waals surface area contributed by atoms with Crippen molar-refractivity contribution < 1.29 is 38.2 Å². The summed E-state index contributed by atoms with van der Waals surface area (Å²) in [7, 11) is 5.35. The highest BCUT2D eigenvalue weighted by atomic mass is 16.6. The standard InChI is InChI=1S/C38H65NO7/c1-6-8-10-12-14-16-17-18-19-21-23-25-27-29-37(41)46-34(32-44-31-30-35(38(42)43)39(3,4)5)33-45-36(40)28-26-24-22-20-15-13-11-9-7-2/h9,11,15,18-20,23,25,34-35H,6-8,10,12-14,16-17,21-22,24,26-33H2,1-5H3/b11-9+,19-18+,20-15+,25-23+. The Hall–Kier alpha value is -2.71. The van der Waals surface area contributed by atoms with E-state index in [9.17, 15) is 19.5 Å². The third-order valence-corrected chi connectivity index (χ3v) is 7.46. The highest BCUT2D eigenvalue weighted by Gasteiger charge is 2.25. The molecule has 0 aromatic rings. The fourth-order valence-electron chi connectivity index (χ4n) is 4.69. The molecule has 0 fully saturated rings. The number of nitrogens with zero attached hydrogens (tertiary/aromatic N) is 1. The van der Waals surface area contributed by atoms with Crippen LogP contribution in [0.2, 0.25) is 0 Å². The highest BCUT2D eigenvalue weighted by molar-refractivity contribution is 5.70. The van der Waals surface area contributed by atoms with Gasteiger partial charge in [-0.2, -0.15) is 0 Å². The molecule has 0 N–H and O–H groups in total. The van der Waals surface area contributed by atoms with Crippen LogP contribution in [0.1, 0.15) is 123 Å². The summed E-state index contributed by atoms with van der Waals surface area (Å²) in [6, 6.07) is -0.737. The number of likely N-dealkylation sites (N-methyl/N-ethyl adjacent to an activating group) is 1. The average molecular weight is 648 g/mol. The first kappa shape index (κ1) is 43.3. The van der Waals surface area contributed by atoms with Crippen molar-refractivity contribution in [3.63, 3.8) is 0 Å². The van der Waals surface area contributed by atoms with Crippen LogP contribution >= 0.6 is 0 Å². The fourth-order valence-corrected chi connectivity index (χ4v) is 4.69. The predicted octanol–water partition coefficient (Wildman–Crippen LogP) is 7.18. The van der Waals surface area contributed by atoms with Gasteiger partial charge in [-0.15, -0.1) is 0 Å². The van der Waals surface area contributed by atoms with Gasteiger partial charge in [-0.3, -0.25) is 9.59 Å². The van der Waals surface area contributed by atoms with Gasteiger partial charge in [0.15, 0.2) is 6.10 Å². The Morgan fingerprint density at radius 2 is 1.26 bits per heavy atom. The minimum absolute atomic E-state index is 0.00639. The van der Waals surface area contributed by atoms with E-state index in [1.54, 1.807) is 21.1 Å². The van der Waals surface area contributed by atoms with Gasteiger partial charge >= 0.3 is 11.9 Å². The van der Waals surface area contributed by atoms with Crippen molar-refractivity contribution in [2.75, 3.05) is 41.0 Å². The maximum atomic E-state index is 12.6. The first-order valence-corrected chi connectivity index (χ1v) is 17.7. The summed E-state index contributed by atoms with van der Waals surface area (Å²) >= 11 is 0. The minimum Gasteiger partial charge on any atom is -0.544 e. The lowest BCUT2D eigenvalue weighted by Gasteiger charge is -2.34. The average Bonchev–Trinajstić information content (AvgIpc) is 3.00. The summed E-state index contributed by atoms with van der Waals surface area (Å²) in [5, 5.41) is 11.5. The molecule has 46 heavy (non-hydrogen) atoms. The molecule has 0 heterocycles. The van der Waals surface area contributed by atoms with Gasteiger partial charge in [0.2, 0.25) is 0 Å². The quantitative estimate of drug-likeness (QED) is 0.0352. The first-order chi connectivity index (χ1) is 22.1. The number of allylic oxidation sites excluding steroid dienone is 8. The maximum absolute atomic E-state index is 12.6. The van der Waals surface area contributed by atoms with E-state index in [1.807, 2.05) is 12.2 Å². The van der Waals surface area contributed by atoms with Crippen LogP contribution in [0.3, 0.4) is 0 Å². The van der Waals surface area contributed by atoms with Gasteiger partial charge in [0.1, 0.15) is 12.6 Å². The Morgan fingerprint density at radius 3 is 1.87 bits per heavy atom. The molecule has 0 aromatic carbocycles. The number of ether oxygens (including phenoxy) is 3. The molecule has 0 aliphatic rings. The van der Waals surface area contributed by atoms with Crippen LogP contribution in [-0.2, 0) is 28.6 Å². The molecule has 0 aromatic heterocycles. The second-order valence-electron chi connectivity index (χ2n) is 12.7. The molecule has 0 amide bonds. The number of carbonyl (C=O) groups excluding carboxylic acids is 3. The van der Waals surface area contributed by atoms with Crippen molar-refractivity contribution in [3.8, 4) is 0 Å². The first-order valence-electron chi connectivity index (χ1n) is 17.7. The molecule has 8 heteroatoms. The molecule has 0 aliphatic heterocycles. The Kier molecular flexibility index (Phi) is 27.9. The van der Waals surface area contributed by atoms with Gasteiger partial charge in [-0.05, 0) is 57.8 Å². The Balaban J connectivity index is 4.60. The molecule has 0 rings (SSSR count). The SMILES string of the molecule is CC/C=C/C/C=C/CCCCC(=O)OCC(COCCC(C(=O)[O-])[N+](C)(C)C)OC(=O)CC/C=C/C/C=C/CCCCCCCC. The van der Waals surface area contributed by atoms with Gasteiger partial charge in [0, 0.05) is 19.3 Å². The molecule has 0 spiro atoms. The molecule has 264 valence electrons. The monoisotopic (exact) mass is 647 g/mol. The van der Waals surface area contributed by atoms with Crippen LogP contribution in [0.25, 0.3) is 0 Å². The molecular weight excluding hydrogens is 582 g/mol. The molecule has 0 aliphatic carbocycles. The molecule has 2 atom stereocenters. The van der Waals surface area contributed by atoms with Crippen molar-refractivity contribution in [2.24, 2.45) is 0 Å². The molecule has 8 nitrogen and oxygen atoms in total. The van der Waals surface area contributed by atoms with Gasteiger partial charge in [0.25, 0.3) is 0 Å². The molecule has 2 unspecified atom stereocenters. The van der Waals surface area contributed by atoms with Gasteiger partial charge in [-0.1, -0.05) is 94.6 Å². The fraction of sp³-hybridized carbons (Fsp3) is 0.711. The summed E-state index contributed by atoms with van der Waals surface area (Å²) in [4.78, 5) is 36.4. The summed E-state index contributed by atoms with van der Waals surface area (Å²) in [5.41, 5.74) is 0. The number of hydrogen-bond donors (Lipinski definition) is 0. The number of unbranched alkanes of at least 4 members (excludes halogenated alkanes) is 8. The van der Waals surface area contributed by atoms with E-state index in [-0.39, 0.29) is 43.1 Å². The van der Waals surface area contributed by atoms with E-state index in [0.29, 0.717) is 19.3 Å². The number of carboxylic acid groups (broad SMARTS) is 1. The zero-order chi connectivity index (χ0) is 34.3. The Labute approximate surface area is 280 Å². The normalized spacial score (nSPS) is 13.7. The van der Waals surface area contributed by atoms with E-state index in [2.05, 4.69) is 50.3 Å². The van der Waals surface area contributed by atoms with Crippen molar-refractivity contribution >= 4 is 17.9 Å². The number of aliphatic carboxylic acids is 1. The Bertz CT molecular complexity index is 901. The topological polar surface area (TPSA) is 102 Å². The number of hydrogen-bond acceptors (Lipinski definition) is 7. The highest BCUT2D eigenvalue weighted by Crippen LogP contribution is 2.10. The van der Waals surface area contributed by atoms with Crippen molar-refractivity contribution in [3.05, 3.63) is 48.6 Å². The second kappa shape index (κ2) is 29.7. The smallest absolute Gasteiger partial charge is 0.306 e. The van der Waals surface area contributed by atoms with E-state index >= 15 is 0 Å². The molecule has 0 saturated heterocycles. The summed E-state index contributed by atoms with van der Waals surface area (Å²) in [6.07, 6.45) is 31.7. The van der Waals surface area contributed by atoms with Crippen LogP contribution in [0.15, 0.2) is 48.6 Å².